The van der Waals surface area contributed by atoms with Gasteiger partial charge >= 0.3 is 19.8 Å². The number of hydrogen-bond acceptors (Lipinski definition) is 7. The van der Waals surface area contributed by atoms with Crippen LogP contribution in [0.1, 0.15) is 162 Å². The average Bonchev–Trinajstić information content (AvgIpc) is 3.10. The summed E-state index contributed by atoms with van der Waals surface area (Å²) < 4.78 is 26.3. The van der Waals surface area contributed by atoms with Gasteiger partial charge in [0.15, 0.2) is 6.10 Å². The van der Waals surface area contributed by atoms with E-state index in [1.165, 1.54) is 38.5 Å². The van der Waals surface area contributed by atoms with E-state index >= 15 is 0 Å². The maximum absolute atomic E-state index is 12.4. The van der Waals surface area contributed by atoms with Crippen molar-refractivity contribution in [2.75, 3.05) is 13.2 Å². The quantitative estimate of drug-likeness (QED) is 0.0251. The van der Waals surface area contributed by atoms with Crippen molar-refractivity contribution in [3.05, 3.63) is 60.8 Å². The highest BCUT2D eigenvalue weighted by Gasteiger charge is 2.22. The summed E-state index contributed by atoms with van der Waals surface area (Å²) in [7, 11) is -4.77. The van der Waals surface area contributed by atoms with Gasteiger partial charge < -0.3 is 24.4 Å². The zero-order valence-corrected chi connectivity index (χ0v) is 32.7. The molecule has 0 aliphatic rings. The van der Waals surface area contributed by atoms with Crippen LogP contribution >= 0.6 is 7.82 Å². The van der Waals surface area contributed by atoms with Crippen molar-refractivity contribution in [3.8, 4) is 0 Å². The Morgan fingerprint density at radius 3 is 1.63 bits per heavy atom. The third kappa shape index (κ3) is 38.8. The number of aliphatic hydroxyl groups excluding tert-OH is 1. The minimum atomic E-state index is -4.77. The highest BCUT2D eigenvalue weighted by atomic mass is 31.2. The van der Waals surface area contributed by atoms with Crippen LogP contribution in [0.3, 0.4) is 0 Å². The lowest BCUT2D eigenvalue weighted by atomic mass is 10.1. The molecule has 0 heterocycles. The molecule has 10 heteroatoms. The number of rotatable bonds is 35. The molecule has 0 radical (unpaired) electrons. The Morgan fingerprint density at radius 2 is 1.06 bits per heavy atom. The molecular weight excluding hydrogens is 667 g/mol. The third-order valence-corrected chi connectivity index (χ3v) is 8.66. The van der Waals surface area contributed by atoms with Crippen molar-refractivity contribution >= 4 is 19.8 Å². The SMILES string of the molecule is CCCCCCCC/C=C\CCCCCCCC(=O)O[C@H](COC(=O)CCC/C=C\C/C=C\C/C=C\C/C=C\CC[C@@H](O)CC)COP(=O)(O)O. The minimum absolute atomic E-state index is 0.174. The largest absolute Gasteiger partial charge is 0.469 e. The predicted octanol–water partition coefficient (Wildman–Crippen LogP) is 10.7. The first-order valence-corrected chi connectivity index (χ1v) is 21.2. The van der Waals surface area contributed by atoms with E-state index in [4.69, 9.17) is 19.3 Å². The first kappa shape index (κ1) is 48.7. The van der Waals surface area contributed by atoms with Gasteiger partial charge in [0.1, 0.15) is 6.61 Å². The summed E-state index contributed by atoms with van der Waals surface area (Å²) in [6, 6.07) is 0. The van der Waals surface area contributed by atoms with Crippen molar-refractivity contribution < 1.29 is 43.0 Å². The van der Waals surface area contributed by atoms with E-state index in [9.17, 15) is 19.3 Å². The van der Waals surface area contributed by atoms with Gasteiger partial charge in [0.25, 0.3) is 0 Å². The number of phosphoric acid groups is 1. The van der Waals surface area contributed by atoms with Gasteiger partial charge in [-0.1, -0.05) is 126 Å². The van der Waals surface area contributed by atoms with Gasteiger partial charge in [-0.2, -0.15) is 0 Å². The Morgan fingerprint density at radius 1 is 0.588 bits per heavy atom. The highest BCUT2D eigenvalue weighted by molar-refractivity contribution is 7.46. The molecule has 0 saturated carbocycles. The fraction of sp³-hybridized carbons (Fsp3) is 0.707. The maximum atomic E-state index is 12.4. The van der Waals surface area contributed by atoms with E-state index in [1.54, 1.807) is 0 Å². The number of aliphatic hydroxyl groups is 1. The summed E-state index contributed by atoms with van der Waals surface area (Å²) >= 11 is 0. The lowest BCUT2D eigenvalue weighted by Crippen LogP contribution is -2.29. The Labute approximate surface area is 309 Å². The van der Waals surface area contributed by atoms with Crippen molar-refractivity contribution in [1.82, 2.24) is 0 Å². The summed E-state index contributed by atoms with van der Waals surface area (Å²) in [5.74, 6) is -0.983. The molecule has 51 heavy (non-hydrogen) atoms. The molecule has 0 aliphatic carbocycles. The van der Waals surface area contributed by atoms with Crippen LogP contribution in [0.5, 0.6) is 0 Å². The normalized spacial score (nSPS) is 13.7. The fourth-order valence-corrected chi connectivity index (χ4v) is 5.41. The number of hydrogen-bond donors (Lipinski definition) is 3. The second-order valence-corrected chi connectivity index (χ2v) is 14.3. The molecule has 0 amide bonds. The molecule has 0 fully saturated rings. The van der Waals surface area contributed by atoms with Gasteiger partial charge in [-0.15, -0.1) is 0 Å². The summed E-state index contributed by atoms with van der Waals surface area (Å²) in [4.78, 5) is 42.7. The minimum Gasteiger partial charge on any atom is -0.462 e. The molecule has 0 spiro atoms. The molecule has 0 unspecified atom stereocenters. The van der Waals surface area contributed by atoms with E-state index in [0.29, 0.717) is 19.3 Å². The lowest BCUT2D eigenvalue weighted by molar-refractivity contribution is -0.161. The van der Waals surface area contributed by atoms with Gasteiger partial charge in [-0.25, -0.2) is 4.57 Å². The number of carbonyl (C=O) groups is 2. The van der Waals surface area contributed by atoms with Gasteiger partial charge in [0.2, 0.25) is 0 Å². The van der Waals surface area contributed by atoms with Crippen LogP contribution in [0.4, 0.5) is 0 Å². The zero-order valence-electron chi connectivity index (χ0n) is 31.8. The van der Waals surface area contributed by atoms with Crippen LogP contribution in [-0.2, 0) is 28.2 Å². The third-order valence-electron chi connectivity index (χ3n) is 8.17. The van der Waals surface area contributed by atoms with Gasteiger partial charge in [0, 0.05) is 12.8 Å². The van der Waals surface area contributed by atoms with Crippen LogP contribution in [0.25, 0.3) is 0 Å². The predicted molar refractivity (Wildman–Crippen MR) is 208 cm³/mol. The molecule has 0 saturated heterocycles. The molecule has 3 N–H and O–H groups in total. The Bertz CT molecular complexity index is 1030. The van der Waals surface area contributed by atoms with Gasteiger partial charge in [0.05, 0.1) is 12.7 Å². The van der Waals surface area contributed by atoms with Gasteiger partial charge in [-0.3, -0.25) is 14.1 Å². The number of allylic oxidation sites excluding steroid dienone is 10. The van der Waals surface area contributed by atoms with E-state index in [1.807, 2.05) is 19.1 Å². The zero-order chi connectivity index (χ0) is 37.7. The molecule has 0 aliphatic heterocycles. The smallest absolute Gasteiger partial charge is 0.462 e. The summed E-state index contributed by atoms with van der Waals surface area (Å²) in [6.45, 7) is 3.33. The molecule has 0 rings (SSSR count). The first-order valence-electron chi connectivity index (χ1n) is 19.7. The molecular formula is C41H71O9P. The van der Waals surface area contributed by atoms with Crippen LogP contribution in [-0.4, -0.2) is 52.3 Å². The number of unbranched alkanes of at least 4 members (excludes halogenated alkanes) is 12. The fourth-order valence-electron chi connectivity index (χ4n) is 5.05. The molecule has 0 aromatic rings. The van der Waals surface area contributed by atoms with Crippen molar-refractivity contribution in [2.45, 2.75) is 174 Å². The van der Waals surface area contributed by atoms with Gasteiger partial charge in [-0.05, 0) is 83.5 Å². The monoisotopic (exact) mass is 738 g/mol. The van der Waals surface area contributed by atoms with Crippen molar-refractivity contribution in [1.29, 1.82) is 0 Å². The maximum Gasteiger partial charge on any atom is 0.469 e. The summed E-state index contributed by atoms with van der Waals surface area (Å²) in [5, 5.41) is 9.53. The van der Waals surface area contributed by atoms with Crippen LogP contribution in [0.15, 0.2) is 60.8 Å². The second-order valence-electron chi connectivity index (χ2n) is 13.0. The summed E-state index contributed by atoms with van der Waals surface area (Å²) in [6.07, 6.45) is 41.7. The summed E-state index contributed by atoms with van der Waals surface area (Å²) in [5.41, 5.74) is 0. The van der Waals surface area contributed by atoms with Crippen LogP contribution in [0, 0.1) is 0 Å². The topological polar surface area (TPSA) is 140 Å². The molecule has 9 nitrogen and oxygen atoms in total. The Kier molecular flexibility index (Phi) is 34.5. The van der Waals surface area contributed by atoms with Crippen LogP contribution < -0.4 is 0 Å². The number of phosphoric ester groups is 1. The molecule has 0 aromatic heterocycles. The first-order chi connectivity index (χ1) is 24.7. The molecule has 0 bridgehead atoms. The number of ether oxygens (including phenoxy) is 2. The van der Waals surface area contributed by atoms with Crippen LogP contribution in [0.2, 0.25) is 0 Å². The highest BCUT2D eigenvalue weighted by Crippen LogP contribution is 2.36. The van der Waals surface area contributed by atoms with Crippen molar-refractivity contribution in [3.63, 3.8) is 0 Å². The Balaban J connectivity index is 4.08. The molecule has 2 atom stereocenters. The van der Waals surface area contributed by atoms with Crippen molar-refractivity contribution in [2.24, 2.45) is 0 Å². The standard InChI is InChI=1S/C41H71O9P/c1-3-5-6-7-8-9-10-11-12-17-20-23-26-29-32-35-41(44)50-39(37-49-51(45,46)47)36-48-40(43)34-31-28-25-22-19-16-14-13-15-18-21-24-27-30-33-38(42)4-2/h11-12,14-16,18,22,24-25,27,38-39,42H,3-10,13,17,19-21,23,26,28-37H2,1-2H3,(H2,45,46,47)/b12-11-,16-14-,18-15-,25-22-,27-24-/t38-,39+/m0/s1. The number of carbonyl (C=O) groups excluding carboxylic acids is 2. The number of esters is 2. The molecule has 0 aromatic carbocycles. The Hall–Kier alpha value is -2.29. The van der Waals surface area contributed by atoms with E-state index in [-0.39, 0.29) is 25.6 Å². The van der Waals surface area contributed by atoms with E-state index in [0.717, 1.165) is 77.0 Å². The average molecular weight is 739 g/mol. The van der Waals surface area contributed by atoms with E-state index < -0.39 is 32.5 Å². The molecule has 294 valence electrons. The lowest BCUT2D eigenvalue weighted by Gasteiger charge is -2.18. The second kappa shape index (κ2) is 36.1. The van der Waals surface area contributed by atoms with E-state index in [2.05, 4.69) is 60.1 Å².